The molecule has 0 saturated carbocycles. The van der Waals surface area contributed by atoms with E-state index < -0.39 is 27.1 Å². The van der Waals surface area contributed by atoms with Gasteiger partial charge in [0.25, 0.3) is 10.1 Å². The van der Waals surface area contributed by atoms with Crippen molar-refractivity contribution in [3.8, 4) is 0 Å². The van der Waals surface area contributed by atoms with Gasteiger partial charge in [0.2, 0.25) is 0 Å². The fraction of sp³-hybridized carbons (Fsp3) is 1.00. The van der Waals surface area contributed by atoms with Crippen LogP contribution >= 0.6 is 0 Å². The topological polar surface area (TPSA) is 97.7 Å². The molecule has 11 heavy (non-hydrogen) atoms. The monoisotopic (exact) mass is 202 g/mol. The van der Waals surface area contributed by atoms with Gasteiger partial charge in [-0.25, -0.2) is 4.31 Å². The highest BCUT2D eigenvalue weighted by molar-refractivity contribution is 7.85. The Morgan fingerprint density at radius 3 is 2.36 bits per heavy atom. The second kappa shape index (κ2) is 4.12. The molecule has 0 rings (SSSR count). The van der Waals surface area contributed by atoms with Crippen molar-refractivity contribution in [2.24, 2.45) is 0 Å². The third kappa shape index (κ3) is 6.38. The number of hydrogen-bond donors (Lipinski definition) is 1. The van der Waals surface area contributed by atoms with Gasteiger partial charge < -0.3 is 4.55 Å². The molecule has 0 saturated heterocycles. The summed E-state index contributed by atoms with van der Waals surface area (Å²) >= 11 is -2.44. The van der Waals surface area contributed by atoms with Gasteiger partial charge in [0.15, 0.2) is 0 Å². The zero-order chi connectivity index (χ0) is 9.07. The SMILES string of the molecule is CN(CCS(=O)(=O)O)S(=O)[O-]. The fourth-order valence-electron chi connectivity index (χ4n) is 0.318. The predicted molar refractivity (Wildman–Crippen MR) is 38.0 cm³/mol. The van der Waals surface area contributed by atoms with E-state index in [9.17, 15) is 17.2 Å². The lowest BCUT2D eigenvalue weighted by Gasteiger charge is -2.17. The minimum absolute atomic E-state index is 0.241. The van der Waals surface area contributed by atoms with Crippen LogP contribution in [0.3, 0.4) is 0 Å². The summed E-state index contributed by atoms with van der Waals surface area (Å²) in [6.07, 6.45) is 0. The molecule has 1 atom stereocenters. The van der Waals surface area contributed by atoms with E-state index in [0.29, 0.717) is 0 Å². The molecule has 0 amide bonds. The molecule has 0 aromatic carbocycles. The van der Waals surface area contributed by atoms with E-state index >= 15 is 0 Å². The molecule has 0 radical (unpaired) electrons. The number of nitrogens with zero attached hydrogens (tertiary/aromatic N) is 1. The largest absolute Gasteiger partial charge is 0.760 e. The maximum Gasteiger partial charge on any atom is 0.266 e. The summed E-state index contributed by atoms with van der Waals surface area (Å²) in [5.41, 5.74) is 0. The van der Waals surface area contributed by atoms with E-state index in [2.05, 4.69) is 0 Å². The van der Waals surface area contributed by atoms with E-state index in [1.807, 2.05) is 0 Å². The molecule has 0 aliphatic heterocycles. The Morgan fingerprint density at radius 1 is 1.64 bits per heavy atom. The molecule has 0 spiro atoms. The summed E-state index contributed by atoms with van der Waals surface area (Å²) in [6.45, 7) is -0.241. The van der Waals surface area contributed by atoms with Crippen molar-refractivity contribution >= 4 is 21.4 Å². The zero-order valence-corrected chi connectivity index (χ0v) is 7.39. The summed E-state index contributed by atoms with van der Waals surface area (Å²) in [5.74, 6) is -0.586. The maximum atomic E-state index is 10.1. The van der Waals surface area contributed by atoms with Gasteiger partial charge in [0, 0.05) is 17.8 Å². The van der Waals surface area contributed by atoms with Crippen LogP contribution in [0.2, 0.25) is 0 Å². The fourth-order valence-corrected chi connectivity index (χ4v) is 1.18. The van der Waals surface area contributed by atoms with Crippen LogP contribution in [0, 0.1) is 0 Å². The third-order valence-corrected chi connectivity index (χ3v) is 2.31. The lowest BCUT2D eigenvalue weighted by Crippen LogP contribution is -2.26. The minimum Gasteiger partial charge on any atom is -0.760 e. The second-order valence-electron chi connectivity index (χ2n) is 1.85. The maximum absolute atomic E-state index is 10.1. The average Bonchev–Trinajstić information content (AvgIpc) is 1.80. The average molecular weight is 202 g/mol. The van der Waals surface area contributed by atoms with Gasteiger partial charge in [-0.15, -0.1) is 0 Å². The number of rotatable bonds is 4. The van der Waals surface area contributed by atoms with Crippen LogP contribution in [0.4, 0.5) is 0 Å². The van der Waals surface area contributed by atoms with Crippen molar-refractivity contribution in [2.45, 2.75) is 0 Å². The first-order valence-corrected chi connectivity index (χ1v) is 5.22. The standard InChI is InChI=1S/C3H9NO5S2/c1-4(10(5)6)2-3-11(7,8)9/h2-3H2,1H3,(H,5,6)(H,7,8,9)/p-1. The summed E-state index contributed by atoms with van der Waals surface area (Å²) in [6, 6.07) is 0. The van der Waals surface area contributed by atoms with E-state index in [-0.39, 0.29) is 6.54 Å². The third-order valence-electron chi connectivity index (χ3n) is 0.919. The molecule has 1 N–H and O–H groups in total. The van der Waals surface area contributed by atoms with E-state index in [1.165, 1.54) is 7.05 Å². The first-order chi connectivity index (χ1) is 4.83. The molecule has 0 bridgehead atoms. The lowest BCUT2D eigenvalue weighted by atomic mass is 10.8. The van der Waals surface area contributed by atoms with Crippen LogP contribution < -0.4 is 0 Å². The molecule has 6 nitrogen and oxygen atoms in total. The predicted octanol–water partition coefficient (Wildman–Crippen LogP) is -1.40. The Bertz CT molecular complexity index is 234. The van der Waals surface area contributed by atoms with Gasteiger partial charge in [-0.1, -0.05) is 0 Å². The Labute approximate surface area is 67.4 Å². The Morgan fingerprint density at radius 2 is 2.09 bits per heavy atom. The van der Waals surface area contributed by atoms with Crippen molar-refractivity contribution < 1.29 is 21.7 Å². The van der Waals surface area contributed by atoms with Crippen molar-refractivity contribution in [3.05, 3.63) is 0 Å². The molecular weight excluding hydrogens is 194 g/mol. The molecule has 1 unspecified atom stereocenters. The lowest BCUT2D eigenvalue weighted by molar-refractivity contribution is 0.436. The van der Waals surface area contributed by atoms with Crippen LogP contribution in [-0.2, 0) is 21.4 Å². The van der Waals surface area contributed by atoms with Gasteiger partial charge in [-0.05, 0) is 7.05 Å². The first-order valence-electron chi connectivity index (χ1n) is 2.58. The minimum atomic E-state index is -4.07. The van der Waals surface area contributed by atoms with Gasteiger partial charge in [-0.2, -0.15) is 8.42 Å². The summed E-state index contributed by atoms with van der Waals surface area (Å²) in [5, 5.41) is 0. The van der Waals surface area contributed by atoms with Gasteiger partial charge >= 0.3 is 0 Å². The normalized spacial score (nSPS) is 15.3. The second-order valence-corrected chi connectivity index (χ2v) is 4.48. The molecule has 0 fully saturated rings. The summed E-state index contributed by atoms with van der Waals surface area (Å²) in [7, 11) is -2.87. The Balaban J connectivity index is 3.82. The molecule has 8 heteroatoms. The Kier molecular flexibility index (Phi) is 4.11. The van der Waals surface area contributed by atoms with Gasteiger partial charge in [0.05, 0.1) is 5.75 Å². The summed E-state index contributed by atoms with van der Waals surface area (Å²) < 4.78 is 49.3. The zero-order valence-electron chi connectivity index (χ0n) is 5.76. The van der Waals surface area contributed by atoms with Crippen molar-refractivity contribution in [1.82, 2.24) is 4.31 Å². The van der Waals surface area contributed by atoms with Crippen LogP contribution in [0.5, 0.6) is 0 Å². The van der Waals surface area contributed by atoms with Crippen LogP contribution in [0.25, 0.3) is 0 Å². The van der Waals surface area contributed by atoms with Crippen LogP contribution in [-0.4, -0.2) is 45.4 Å². The molecule has 0 aromatic heterocycles. The first kappa shape index (κ1) is 11.0. The molecule has 0 aliphatic rings. The van der Waals surface area contributed by atoms with E-state index in [1.54, 1.807) is 0 Å². The summed E-state index contributed by atoms with van der Waals surface area (Å²) in [4.78, 5) is 0. The molecule has 68 valence electrons. The van der Waals surface area contributed by atoms with Crippen molar-refractivity contribution in [2.75, 3.05) is 19.3 Å². The molecule has 0 aromatic rings. The quantitative estimate of drug-likeness (QED) is 0.446. The van der Waals surface area contributed by atoms with Gasteiger partial charge in [-0.3, -0.25) is 8.76 Å². The van der Waals surface area contributed by atoms with Crippen molar-refractivity contribution in [1.29, 1.82) is 0 Å². The molecule has 0 aliphatic carbocycles. The molecule has 0 heterocycles. The van der Waals surface area contributed by atoms with Crippen molar-refractivity contribution in [3.63, 3.8) is 0 Å². The van der Waals surface area contributed by atoms with Crippen LogP contribution in [0.15, 0.2) is 0 Å². The number of hydrogen-bond acceptors (Lipinski definition) is 4. The molecular formula is C3H8NO5S2-. The highest BCUT2D eigenvalue weighted by Crippen LogP contribution is 1.88. The van der Waals surface area contributed by atoms with E-state index in [0.717, 1.165) is 4.31 Å². The van der Waals surface area contributed by atoms with Crippen LogP contribution in [0.1, 0.15) is 0 Å². The van der Waals surface area contributed by atoms with E-state index in [4.69, 9.17) is 4.55 Å². The Hall–Kier alpha value is -0.0200. The van der Waals surface area contributed by atoms with Gasteiger partial charge in [0.1, 0.15) is 0 Å². The highest BCUT2D eigenvalue weighted by Gasteiger charge is 2.06. The highest BCUT2D eigenvalue weighted by atomic mass is 32.2. The smallest absolute Gasteiger partial charge is 0.266 e.